The van der Waals surface area contributed by atoms with Crippen LogP contribution in [-0.4, -0.2) is 60.6 Å². The van der Waals surface area contributed by atoms with Gasteiger partial charge in [0, 0.05) is 38.3 Å². The molecule has 2 saturated heterocycles. The van der Waals surface area contributed by atoms with Gasteiger partial charge in [-0.2, -0.15) is 0 Å². The van der Waals surface area contributed by atoms with Crippen molar-refractivity contribution in [3.8, 4) is 0 Å². The summed E-state index contributed by atoms with van der Waals surface area (Å²) >= 11 is 0. The fourth-order valence-electron chi connectivity index (χ4n) is 3.34. The zero-order valence-electron chi connectivity index (χ0n) is 17.0. The summed E-state index contributed by atoms with van der Waals surface area (Å²) < 4.78 is 20.1. The van der Waals surface area contributed by atoms with Crippen molar-refractivity contribution in [3.05, 3.63) is 24.0 Å². The molecule has 3 amide bonds. The Kier molecular flexibility index (Phi) is 5.95. The van der Waals surface area contributed by atoms with Gasteiger partial charge in [-0.25, -0.2) is 9.18 Å². The largest absolute Gasteiger partial charge is 0.444 e. The van der Waals surface area contributed by atoms with E-state index in [9.17, 15) is 18.8 Å². The summed E-state index contributed by atoms with van der Waals surface area (Å²) in [7, 11) is 0. The summed E-state index contributed by atoms with van der Waals surface area (Å²) in [5.41, 5.74) is 0.377. The third-order valence-electron chi connectivity index (χ3n) is 4.80. The van der Waals surface area contributed by atoms with Gasteiger partial charge in [-0.3, -0.25) is 14.9 Å². The maximum absolute atomic E-state index is 14.7. The van der Waals surface area contributed by atoms with Crippen LogP contribution < -0.4 is 15.5 Å². The van der Waals surface area contributed by atoms with Crippen molar-refractivity contribution in [2.45, 2.75) is 45.3 Å². The second-order valence-corrected chi connectivity index (χ2v) is 8.27. The van der Waals surface area contributed by atoms with E-state index in [2.05, 4.69) is 10.6 Å². The molecule has 29 heavy (non-hydrogen) atoms. The molecule has 0 saturated carbocycles. The second-order valence-electron chi connectivity index (χ2n) is 8.27. The Labute approximate surface area is 169 Å². The number of piperidine rings is 1. The van der Waals surface area contributed by atoms with Gasteiger partial charge in [0.2, 0.25) is 11.8 Å². The van der Waals surface area contributed by atoms with Crippen molar-refractivity contribution in [3.63, 3.8) is 0 Å². The quantitative estimate of drug-likeness (QED) is 0.747. The lowest BCUT2D eigenvalue weighted by atomic mass is 10.1. The first-order chi connectivity index (χ1) is 13.6. The van der Waals surface area contributed by atoms with E-state index in [0.717, 1.165) is 0 Å². The Morgan fingerprint density at radius 1 is 1.21 bits per heavy atom. The minimum absolute atomic E-state index is 0.256. The van der Waals surface area contributed by atoms with Crippen molar-refractivity contribution >= 4 is 29.3 Å². The Hall–Kier alpha value is -2.84. The molecule has 158 valence electrons. The molecule has 1 atom stereocenters. The number of ether oxygens (including phenoxy) is 1. The van der Waals surface area contributed by atoms with Crippen LogP contribution in [0.2, 0.25) is 0 Å². The molecule has 0 radical (unpaired) electrons. The molecule has 1 aromatic rings. The number of carbonyl (C=O) groups is 3. The highest BCUT2D eigenvalue weighted by atomic mass is 19.1. The van der Waals surface area contributed by atoms with Gasteiger partial charge < -0.3 is 19.9 Å². The van der Waals surface area contributed by atoms with Crippen LogP contribution in [0.15, 0.2) is 18.2 Å². The lowest BCUT2D eigenvalue weighted by molar-refractivity contribution is -0.133. The van der Waals surface area contributed by atoms with Crippen LogP contribution in [0.1, 0.15) is 33.6 Å². The molecule has 2 N–H and O–H groups in total. The Morgan fingerprint density at radius 3 is 2.48 bits per heavy atom. The van der Waals surface area contributed by atoms with Crippen LogP contribution in [-0.2, 0) is 14.3 Å². The van der Waals surface area contributed by atoms with E-state index in [1.54, 1.807) is 17.0 Å². The molecular formula is C20H27FN4O4. The zero-order chi connectivity index (χ0) is 21.2. The highest BCUT2D eigenvalue weighted by molar-refractivity contribution is 6.01. The van der Waals surface area contributed by atoms with Gasteiger partial charge >= 0.3 is 6.09 Å². The highest BCUT2D eigenvalue weighted by Crippen LogP contribution is 2.25. The third kappa shape index (κ3) is 5.36. The number of rotatable bonds is 3. The zero-order valence-corrected chi connectivity index (χ0v) is 17.0. The van der Waals surface area contributed by atoms with E-state index in [1.165, 1.54) is 6.07 Å². The molecule has 2 heterocycles. The number of amides is 3. The molecule has 9 heteroatoms. The molecule has 0 bridgehead atoms. The fraction of sp³-hybridized carbons (Fsp3) is 0.550. The molecule has 0 aliphatic carbocycles. The van der Waals surface area contributed by atoms with Crippen molar-refractivity contribution in [1.82, 2.24) is 10.2 Å². The standard InChI is InChI=1S/C20H27FN4O4/c1-20(2,3)29-19(28)25-10-8-24(9-11-25)16-6-4-13(12-14(16)21)22-15-5-7-17(26)23-18(15)27/h4,6,12,15,22H,5,7-11H2,1-3H3,(H,23,26,27)/t15-/m0/s1. The van der Waals surface area contributed by atoms with Crippen LogP contribution in [0, 0.1) is 5.82 Å². The van der Waals surface area contributed by atoms with Gasteiger partial charge in [-0.1, -0.05) is 0 Å². The van der Waals surface area contributed by atoms with Gasteiger partial charge in [0.1, 0.15) is 17.5 Å². The number of benzene rings is 1. The Morgan fingerprint density at radius 2 is 1.90 bits per heavy atom. The van der Waals surface area contributed by atoms with Crippen LogP contribution in [0.3, 0.4) is 0 Å². The first-order valence-electron chi connectivity index (χ1n) is 9.75. The topological polar surface area (TPSA) is 91.0 Å². The van der Waals surface area contributed by atoms with Crippen molar-refractivity contribution in [1.29, 1.82) is 0 Å². The number of halogens is 1. The van der Waals surface area contributed by atoms with E-state index in [1.807, 2.05) is 25.7 Å². The van der Waals surface area contributed by atoms with Crippen LogP contribution in [0.25, 0.3) is 0 Å². The normalized spacial score (nSPS) is 20.3. The van der Waals surface area contributed by atoms with Crippen molar-refractivity contribution in [2.75, 3.05) is 36.4 Å². The number of anilines is 2. The lowest BCUT2D eigenvalue weighted by Crippen LogP contribution is -2.50. The van der Waals surface area contributed by atoms with Crippen molar-refractivity contribution < 1.29 is 23.5 Å². The summed E-state index contributed by atoms with van der Waals surface area (Å²) in [6.45, 7) is 7.35. The highest BCUT2D eigenvalue weighted by Gasteiger charge is 2.28. The Bertz CT molecular complexity index is 800. The molecule has 0 spiro atoms. The summed E-state index contributed by atoms with van der Waals surface area (Å²) in [6, 6.07) is 4.16. The van der Waals surface area contributed by atoms with E-state index in [-0.39, 0.29) is 18.4 Å². The van der Waals surface area contributed by atoms with Gasteiger partial charge in [0.25, 0.3) is 0 Å². The van der Waals surface area contributed by atoms with Crippen LogP contribution in [0.5, 0.6) is 0 Å². The molecular weight excluding hydrogens is 379 g/mol. The molecule has 0 aromatic heterocycles. The van der Waals surface area contributed by atoms with Crippen LogP contribution >= 0.6 is 0 Å². The predicted molar refractivity (Wildman–Crippen MR) is 106 cm³/mol. The average molecular weight is 406 g/mol. The second kappa shape index (κ2) is 8.26. The molecule has 2 fully saturated rings. The minimum Gasteiger partial charge on any atom is -0.444 e. The summed E-state index contributed by atoms with van der Waals surface area (Å²) in [6.07, 6.45) is 0.272. The van der Waals surface area contributed by atoms with E-state index in [4.69, 9.17) is 4.74 Å². The monoisotopic (exact) mass is 406 g/mol. The smallest absolute Gasteiger partial charge is 0.410 e. The van der Waals surface area contributed by atoms with Gasteiger partial charge in [0.15, 0.2) is 0 Å². The molecule has 0 unspecified atom stereocenters. The maximum Gasteiger partial charge on any atom is 0.410 e. The van der Waals surface area contributed by atoms with Gasteiger partial charge in [0.05, 0.1) is 5.69 Å². The number of nitrogens with one attached hydrogen (secondary N) is 2. The number of imide groups is 1. The minimum atomic E-state index is -0.560. The van der Waals surface area contributed by atoms with Crippen LogP contribution in [0.4, 0.5) is 20.6 Å². The number of hydrogen-bond acceptors (Lipinski definition) is 6. The van der Waals surface area contributed by atoms with Crippen molar-refractivity contribution in [2.24, 2.45) is 0 Å². The SMILES string of the molecule is CC(C)(C)OC(=O)N1CCN(c2ccc(N[C@H]3CCC(=O)NC3=O)cc2F)CC1. The van der Waals surface area contributed by atoms with E-state index in [0.29, 0.717) is 44.0 Å². The first-order valence-corrected chi connectivity index (χ1v) is 9.75. The molecule has 2 aliphatic rings. The number of hydrogen-bond donors (Lipinski definition) is 2. The number of piperazine rings is 1. The molecule has 8 nitrogen and oxygen atoms in total. The van der Waals surface area contributed by atoms with E-state index >= 15 is 0 Å². The van der Waals surface area contributed by atoms with Gasteiger partial charge in [-0.15, -0.1) is 0 Å². The third-order valence-corrected chi connectivity index (χ3v) is 4.80. The molecule has 3 rings (SSSR count). The Balaban J connectivity index is 1.58. The predicted octanol–water partition coefficient (Wildman–Crippen LogP) is 2.10. The first kappa shape index (κ1) is 20.9. The lowest BCUT2D eigenvalue weighted by Gasteiger charge is -2.37. The summed E-state index contributed by atoms with van der Waals surface area (Å²) in [4.78, 5) is 38.7. The fourth-order valence-corrected chi connectivity index (χ4v) is 3.34. The maximum atomic E-state index is 14.7. The summed E-state index contributed by atoms with van der Waals surface area (Å²) in [5.74, 6) is -1.10. The average Bonchev–Trinajstić information content (AvgIpc) is 2.63. The van der Waals surface area contributed by atoms with Gasteiger partial charge in [-0.05, 0) is 45.4 Å². The number of carbonyl (C=O) groups excluding carboxylic acids is 3. The number of nitrogens with zero attached hydrogens (tertiary/aromatic N) is 2. The molecule has 2 aliphatic heterocycles. The summed E-state index contributed by atoms with van der Waals surface area (Å²) in [5, 5.41) is 5.24. The molecule has 1 aromatic carbocycles. The van der Waals surface area contributed by atoms with E-state index < -0.39 is 23.4 Å².